The second kappa shape index (κ2) is 3.13. The Morgan fingerprint density at radius 2 is 2.23 bits per heavy atom. The number of Topliss-reactive ketones (excluding diaryl/α,β-unsaturated/α-hetero) is 1. The van der Waals surface area contributed by atoms with Gasteiger partial charge in [-0.05, 0) is 31.1 Å². The topological polar surface area (TPSA) is 43.4 Å². The van der Waals surface area contributed by atoms with Crippen LogP contribution in [-0.4, -0.2) is 18.9 Å². The highest BCUT2D eigenvalue weighted by Gasteiger charge is 2.45. The summed E-state index contributed by atoms with van der Waals surface area (Å²) in [7, 11) is 1.36. The molecule has 0 saturated heterocycles. The Balaban J connectivity index is 2.16. The highest BCUT2D eigenvalue weighted by molar-refractivity contribution is 6.00. The van der Waals surface area contributed by atoms with Crippen molar-refractivity contribution < 1.29 is 14.3 Å². The van der Waals surface area contributed by atoms with Crippen molar-refractivity contribution >= 4 is 11.8 Å². The van der Waals surface area contributed by atoms with Crippen LogP contribution in [0, 0.1) is 17.8 Å². The molecule has 2 unspecified atom stereocenters. The molecule has 2 saturated carbocycles. The minimum atomic E-state index is -0.441. The lowest BCUT2D eigenvalue weighted by Gasteiger charge is -2.24. The molecule has 2 aliphatic rings. The lowest BCUT2D eigenvalue weighted by Crippen LogP contribution is -2.35. The minimum Gasteiger partial charge on any atom is -0.468 e. The van der Waals surface area contributed by atoms with Gasteiger partial charge in [-0.15, -0.1) is 0 Å². The van der Waals surface area contributed by atoms with Gasteiger partial charge in [0.25, 0.3) is 0 Å². The lowest BCUT2D eigenvalue weighted by atomic mass is 9.79. The molecule has 13 heavy (non-hydrogen) atoms. The number of rotatable bonds is 1. The molecule has 0 radical (unpaired) electrons. The van der Waals surface area contributed by atoms with Crippen molar-refractivity contribution in [2.75, 3.05) is 7.11 Å². The van der Waals surface area contributed by atoms with Crippen molar-refractivity contribution in [1.29, 1.82) is 0 Å². The summed E-state index contributed by atoms with van der Waals surface area (Å²) in [5.74, 6) is 0.168. The molecule has 2 fully saturated rings. The largest absolute Gasteiger partial charge is 0.468 e. The van der Waals surface area contributed by atoms with Crippen LogP contribution >= 0.6 is 0 Å². The van der Waals surface area contributed by atoms with E-state index in [0.717, 1.165) is 19.3 Å². The number of hydrogen-bond acceptors (Lipinski definition) is 3. The van der Waals surface area contributed by atoms with Gasteiger partial charge in [0.15, 0.2) is 0 Å². The first-order valence-electron chi connectivity index (χ1n) is 4.83. The molecule has 3 heteroatoms. The van der Waals surface area contributed by atoms with E-state index in [1.54, 1.807) is 0 Å². The molecule has 0 aromatic carbocycles. The molecule has 3 nitrogen and oxygen atoms in total. The fourth-order valence-electron chi connectivity index (χ4n) is 2.73. The summed E-state index contributed by atoms with van der Waals surface area (Å²) >= 11 is 0. The second-order valence-electron chi connectivity index (χ2n) is 4.11. The van der Waals surface area contributed by atoms with Gasteiger partial charge >= 0.3 is 5.97 Å². The van der Waals surface area contributed by atoms with Gasteiger partial charge in [-0.2, -0.15) is 0 Å². The summed E-state index contributed by atoms with van der Waals surface area (Å²) in [5.41, 5.74) is 0. The number of carbonyl (C=O) groups is 2. The summed E-state index contributed by atoms with van der Waals surface area (Å²) in [4.78, 5) is 22.9. The number of ether oxygens (including phenoxy) is 1. The first-order chi connectivity index (χ1) is 6.22. The summed E-state index contributed by atoms with van der Waals surface area (Å²) < 4.78 is 4.65. The zero-order valence-corrected chi connectivity index (χ0v) is 7.79. The number of hydrogen-bond donors (Lipinski definition) is 0. The quantitative estimate of drug-likeness (QED) is 0.451. The van der Waals surface area contributed by atoms with E-state index in [0.29, 0.717) is 12.3 Å². The van der Waals surface area contributed by atoms with Crippen molar-refractivity contribution in [2.24, 2.45) is 17.8 Å². The van der Waals surface area contributed by atoms with E-state index in [2.05, 4.69) is 4.74 Å². The van der Waals surface area contributed by atoms with Gasteiger partial charge < -0.3 is 4.74 Å². The molecule has 0 N–H and O–H groups in total. The maximum atomic E-state index is 11.6. The number of carbonyl (C=O) groups excluding carboxylic acids is 2. The molecule has 2 aliphatic carbocycles. The number of fused-ring (bicyclic) bond motifs is 2. The molecule has 0 aliphatic heterocycles. The zero-order valence-electron chi connectivity index (χ0n) is 7.79. The monoisotopic (exact) mass is 182 g/mol. The average molecular weight is 182 g/mol. The Labute approximate surface area is 77.4 Å². The summed E-state index contributed by atoms with van der Waals surface area (Å²) in [6.07, 6.45) is 3.78. The van der Waals surface area contributed by atoms with Crippen molar-refractivity contribution in [3.63, 3.8) is 0 Å². The molecule has 2 rings (SSSR count). The second-order valence-corrected chi connectivity index (χ2v) is 4.11. The number of ketones is 1. The highest BCUT2D eigenvalue weighted by atomic mass is 16.5. The maximum Gasteiger partial charge on any atom is 0.316 e. The van der Waals surface area contributed by atoms with Crippen LogP contribution in [0.3, 0.4) is 0 Å². The first-order valence-corrected chi connectivity index (χ1v) is 4.83. The van der Waals surface area contributed by atoms with E-state index in [1.807, 2.05) is 0 Å². The molecule has 0 heterocycles. The molecule has 72 valence electrons. The van der Waals surface area contributed by atoms with Crippen LogP contribution in [0.25, 0.3) is 0 Å². The highest BCUT2D eigenvalue weighted by Crippen LogP contribution is 2.43. The predicted octanol–water partition coefficient (Wildman–Crippen LogP) is 1.16. The summed E-state index contributed by atoms with van der Waals surface area (Å²) in [6, 6.07) is 0. The number of methoxy groups -OCH3 is 1. The van der Waals surface area contributed by atoms with Crippen LogP contribution in [0.2, 0.25) is 0 Å². The van der Waals surface area contributed by atoms with Crippen molar-refractivity contribution in [3.05, 3.63) is 0 Å². The molecule has 2 bridgehead atoms. The molecule has 0 amide bonds. The molecular formula is C10H14O3. The van der Waals surface area contributed by atoms with Gasteiger partial charge in [0.05, 0.1) is 7.11 Å². The third-order valence-electron chi connectivity index (χ3n) is 3.35. The van der Waals surface area contributed by atoms with Crippen LogP contribution in [0.15, 0.2) is 0 Å². The van der Waals surface area contributed by atoms with Crippen molar-refractivity contribution in [1.82, 2.24) is 0 Å². The minimum absolute atomic E-state index is 0.102. The van der Waals surface area contributed by atoms with Gasteiger partial charge in [0.2, 0.25) is 0 Å². The van der Waals surface area contributed by atoms with Crippen LogP contribution < -0.4 is 0 Å². The van der Waals surface area contributed by atoms with Gasteiger partial charge in [-0.1, -0.05) is 0 Å². The predicted molar refractivity (Wildman–Crippen MR) is 46.0 cm³/mol. The van der Waals surface area contributed by atoms with Crippen LogP contribution in [0.1, 0.15) is 25.7 Å². The zero-order chi connectivity index (χ0) is 9.42. The standard InChI is InChI=1S/C10H14O3/c1-13-10(12)9-7-3-2-6(4-7)5-8(9)11/h6-7,9H,2-5H2,1H3/t6-,7?,9?/m0/s1. The molecular weight excluding hydrogens is 168 g/mol. The van der Waals surface area contributed by atoms with E-state index in [-0.39, 0.29) is 17.7 Å². The van der Waals surface area contributed by atoms with Gasteiger partial charge in [-0.3, -0.25) is 9.59 Å². The van der Waals surface area contributed by atoms with Gasteiger partial charge in [-0.25, -0.2) is 0 Å². The Kier molecular flexibility index (Phi) is 2.10. The average Bonchev–Trinajstić information content (AvgIpc) is 2.48. The van der Waals surface area contributed by atoms with Crippen LogP contribution in [0.5, 0.6) is 0 Å². The summed E-state index contributed by atoms with van der Waals surface area (Å²) in [6.45, 7) is 0. The van der Waals surface area contributed by atoms with Gasteiger partial charge in [0.1, 0.15) is 11.7 Å². The molecule has 0 spiro atoms. The van der Waals surface area contributed by atoms with E-state index < -0.39 is 5.92 Å². The molecule has 0 aromatic rings. The van der Waals surface area contributed by atoms with Crippen molar-refractivity contribution in [3.8, 4) is 0 Å². The number of esters is 1. The van der Waals surface area contributed by atoms with Crippen LogP contribution in [-0.2, 0) is 14.3 Å². The molecule has 0 aromatic heterocycles. The van der Waals surface area contributed by atoms with E-state index in [1.165, 1.54) is 7.11 Å². The summed E-state index contributed by atoms with van der Waals surface area (Å²) in [5, 5.41) is 0. The SMILES string of the molecule is COC(=O)C1C(=O)C[C@H]2CCC1C2. The third-order valence-corrected chi connectivity index (χ3v) is 3.35. The smallest absolute Gasteiger partial charge is 0.316 e. The Morgan fingerprint density at radius 1 is 1.46 bits per heavy atom. The lowest BCUT2D eigenvalue weighted by molar-refractivity contribution is -0.152. The normalized spacial score (nSPS) is 37.6. The first kappa shape index (κ1) is 8.73. The Morgan fingerprint density at radius 3 is 2.92 bits per heavy atom. The maximum absolute atomic E-state index is 11.6. The van der Waals surface area contributed by atoms with E-state index in [4.69, 9.17) is 0 Å². The Bertz CT molecular complexity index is 247. The fraction of sp³-hybridized carbons (Fsp3) is 0.800. The van der Waals surface area contributed by atoms with E-state index in [9.17, 15) is 9.59 Å². The fourth-order valence-corrected chi connectivity index (χ4v) is 2.73. The Hall–Kier alpha value is -0.860. The third kappa shape index (κ3) is 1.36. The molecule has 3 atom stereocenters. The van der Waals surface area contributed by atoms with Crippen LogP contribution in [0.4, 0.5) is 0 Å². The van der Waals surface area contributed by atoms with Crippen molar-refractivity contribution in [2.45, 2.75) is 25.7 Å². The van der Waals surface area contributed by atoms with Gasteiger partial charge in [0, 0.05) is 6.42 Å². The van der Waals surface area contributed by atoms with E-state index >= 15 is 0 Å².